The number of carbonyl (C=O) groups is 1. The van der Waals surface area contributed by atoms with Crippen molar-refractivity contribution in [2.24, 2.45) is 0 Å². The van der Waals surface area contributed by atoms with Crippen LogP contribution in [0.5, 0.6) is 5.88 Å². The fourth-order valence-electron chi connectivity index (χ4n) is 3.79. The summed E-state index contributed by atoms with van der Waals surface area (Å²) in [5.74, 6) is 0.508. The van der Waals surface area contributed by atoms with Crippen LogP contribution >= 0.6 is 0 Å². The number of aromatic nitrogens is 6. The number of carbonyl (C=O) groups excluding carboxylic acids is 1. The maximum atomic E-state index is 12.9. The number of rotatable bonds is 7. The Balaban J connectivity index is 1.27. The van der Waals surface area contributed by atoms with Crippen LogP contribution in [0.3, 0.4) is 0 Å². The second-order valence-electron chi connectivity index (χ2n) is 7.92. The predicted octanol–water partition coefficient (Wildman–Crippen LogP) is 2.64. The quantitative estimate of drug-likeness (QED) is 0.364. The minimum Gasteiger partial charge on any atom is -0.475 e. The van der Waals surface area contributed by atoms with Gasteiger partial charge >= 0.3 is 0 Å². The second-order valence-corrected chi connectivity index (χ2v) is 7.92. The average molecular weight is 470 g/mol. The Morgan fingerprint density at radius 2 is 1.89 bits per heavy atom. The molecule has 1 N–H and O–H groups in total. The summed E-state index contributed by atoms with van der Waals surface area (Å²) in [6, 6.07) is 16.6. The van der Waals surface area contributed by atoms with Gasteiger partial charge in [-0.25, -0.2) is 4.98 Å². The summed E-state index contributed by atoms with van der Waals surface area (Å²) in [5, 5.41) is 16.0. The largest absolute Gasteiger partial charge is 0.475 e. The van der Waals surface area contributed by atoms with E-state index in [-0.39, 0.29) is 24.1 Å². The molecule has 5 rings (SSSR count). The molecule has 1 aromatic carbocycles. The Morgan fingerprint density at radius 1 is 1.06 bits per heavy atom. The Morgan fingerprint density at radius 3 is 2.69 bits per heavy atom. The molecule has 5 aromatic rings. The molecule has 176 valence electrons. The van der Waals surface area contributed by atoms with Crippen LogP contribution in [0, 0.1) is 6.92 Å². The first-order chi connectivity index (χ1) is 17.0. The highest BCUT2D eigenvalue weighted by atomic mass is 16.5. The molecule has 10 nitrogen and oxygen atoms in total. The molecule has 0 saturated carbocycles. The van der Waals surface area contributed by atoms with Crippen molar-refractivity contribution < 1.29 is 9.53 Å². The van der Waals surface area contributed by atoms with E-state index in [0.29, 0.717) is 34.9 Å². The number of ether oxygens (including phenoxy) is 1. The molecule has 10 heteroatoms. The third kappa shape index (κ3) is 4.33. The number of benzene rings is 1. The lowest BCUT2D eigenvalue weighted by molar-refractivity contribution is 0.0945. The van der Waals surface area contributed by atoms with E-state index in [0.717, 1.165) is 11.3 Å². The summed E-state index contributed by atoms with van der Waals surface area (Å²) >= 11 is 0. The number of nitrogens with zero attached hydrogens (tertiary/aromatic N) is 6. The minimum absolute atomic E-state index is 0.0709. The van der Waals surface area contributed by atoms with Crippen molar-refractivity contribution in [3.05, 3.63) is 82.3 Å². The Bertz CT molecular complexity index is 1590. The van der Waals surface area contributed by atoms with Crippen LogP contribution in [-0.4, -0.2) is 48.4 Å². The number of pyridine rings is 2. The lowest BCUT2D eigenvalue weighted by Crippen LogP contribution is -2.32. The molecule has 0 radical (unpaired) electrons. The molecule has 0 unspecified atom stereocenters. The van der Waals surface area contributed by atoms with Gasteiger partial charge in [0.1, 0.15) is 17.8 Å². The molecule has 0 bridgehead atoms. The summed E-state index contributed by atoms with van der Waals surface area (Å²) in [6.07, 6.45) is 1.56. The average Bonchev–Trinajstić information content (AvgIpc) is 3.30. The van der Waals surface area contributed by atoms with Crippen molar-refractivity contribution in [1.29, 1.82) is 0 Å². The molecular weight excluding hydrogens is 446 g/mol. The molecule has 0 aliphatic heterocycles. The number of amides is 1. The molecule has 0 spiro atoms. The van der Waals surface area contributed by atoms with Crippen molar-refractivity contribution in [2.45, 2.75) is 20.4 Å². The molecule has 4 heterocycles. The molecule has 0 saturated heterocycles. The van der Waals surface area contributed by atoms with E-state index < -0.39 is 5.91 Å². The number of hydrogen-bond donors (Lipinski definition) is 1. The van der Waals surface area contributed by atoms with Crippen LogP contribution in [0.4, 0.5) is 0 Å². The molecule has 1 amide bonds. The van der Waals surface area contributed by atoms with Gasteiger partial charge in [0.25, 0.3) is 5.91 Å². The van der Waals surface area contributed by atoms with E-state index in [9.17, 15) is 9.59 Å². The lowest BCUT2D eigenvalue weighted by Gasteiger charge is -2.12. The first-order valence-corrected chi connectivity index (χ1v) is 11.2. The summed E-state index contributed by atoms with van der Waals surface area (Å²) in [6.45, 7) is 4.75. The molecule has 0 aliphatic rings. The first kappa shape index (κ1) is 22.2. The van der Waals surface area contributed by atoms with Gasteiger partial charge in [-0.2, -0.15) is 4.52 Å². The van der Waals surface area contributed by atoms with Crippen LogP contribution in [0.1, 0.15) is 23.0 Å². The van der Waals surface area contributed by atoms with Crippen molar-refractivity contribution in [1.82, 2.24) is 34.7 Å². The summed E-state index contributed by atoms with van der Waals surface area (Å²) < 4.78 is 9.14. The molecule has 0 atom stereocenters. The van der Waals surface area contributed by atoms with E-state index in [1.165, 1.54) is 0 Å². The molecule has 35 heavy (non-hydrogen) atoms. The Hall–Kier alpha value is -4.60. The van der Waals surface area contributed by atoms with Gasteiger partial charge in [-0.1, -0.05) is 30.3 Å². The van der Waals surface area contributed by atoms with Gasteiger partial charge in [0.05, 0.1) is 11.9 Å². The molecule has 4 aromatic heterocycles. The maximum absolute atomic E-state index is 12.9. The normalized spacial score (nSPS) is 11.1. The number of hydrogen-bond acceptors (Lipinski definition) is 7. The lowest BCUT2D eigenvalue weighted by atomic mass is 10.1. The molecular formula is C25H23N7O3. The molecule has 0 fully saturated rings. The SMILES string of the molecule is CCn1cc(C(=O)NCCOc2ccc3nnc(-c4ccccc4)n3n2)c(=O)c2ccc(C)nc21. The van der Waals surface area contributed by atoms with Crippen LogP contribution in [0.15, 0.2) is 65.6 Å². The zero-order chi connectivity index (χ0) is 24.4. The van der Waals surface area contributed by atoms with Gasteiger partial charge in [0.2, 0.25) is 11.3 Å². The highest BCUT2D eigenvalue weighted by molar-refractivity contribution is 5.96. The van der Waals surface area contributed by atoms with Gasteiger partial charge in [-0.3, -0.25) is 9.59 Å². The van der Waals surface area contributed by atoms with Crippen LogP contribution in [0.25, 0.3) is 28.1 Å². The minimum atomic E-state index is -0.461. The van der Waals surface area contributed by atoms with Gasteiger partial charge in [0.15, 0.2) is 11.5 Å². The summed E-state index contributed by atoms with van der Waals surface area (Å²) in [4.78, 5) is 30.1. The van der Waals surface area contributed by atoms with Crippen molar-refractivity contribution in [3.63, 3.8) is 0 Å². The fourth-order valence-corrected chi connectivity index (χ4v) is 3.79. The van der Waals surface area contributed by atoms with Gasteiger partial charge in [-0.15, -0.1) is 15.3 Å². The fraction of sp³-hybridized carbons (Fsp3) is 0.200. The van der Waals surface area contributed by atoms with Gasteiger partial charge in [0, 0.05) is 30.1 Å². The van der Waals surface area contributed by atoms with Crippen molar-refractivity contribution in [3.8, 4) is 17.3 Å². The van der Waals surface area contributed by atoms with E-state index in [1.807, 2.05) is 44.2 Å². The maximum Gasteiger partial charge on any atom is 0.256 e. The summed E-state index contributed by atoms with van der Waals surface area (Å²) in [5.41, 5.74) is 2.59. The number of aryl methyl sites for hydroxylation is 2. The van der Waals surface area contributed by atoms with Crippen LogP contribution in [0.2, 0.25) is 0 Å². The van der Waals surface area contributed by atoms with Crippen molar-refractivity contribution >= 4 is 22.6 Å². The zero-order valence-corrected chi connectivity index (χ0v) is 19.3. The third-order valence-electron chi connectivity index (χ3n) is 5.55. The summed E-state index contributed by atoms with van der Waals surface area (Å²) in [7, 11) is 0. The predicted molar refractivity (Wildman–Crippen MR) is 130 cm³/mol. The third-order valence-corrected chi connectivity index (χ3v) is 5.55. The van der Waals surface area contributed by atoms with E-state index in [4.69, 9.17) is 4.74 Å². The monoisotopic (exact) mass is 469 g/mol. The van der Waals surface area contributed by atoms with Crippen LogP contribution in [-0.2, 0) is 6.54 Å². The first-order valence-electron chi connectivity index (χ1n) is 11.2. The van der Waals surface area contributed by atoms with Crippen LogP contribution < -0.4 is 15.5 Å². The van der Waals surface area contributed by atoms with Gasteiger partial charge < -0.3 is 14.6 Å². The highest BCUT2D eigenvalue weighted by Gasteiger charge is 2.16. The Labute approximate surface area is 200 Å². The standard InChI is InChI=1S/C25H23N7O3/c1-3-31-15-19(22(33)18-10-9-16(2)27-24(18)31)25(34)26-13-14-35-21-12-11-20-28-29-23(32(20)30-21)17-7-5-4-6-8-17/h4-12,15H,3,13-14H2,1-2H3,(H,26,34). The van der Waals surface area contributed by atoms with E-state index in [2.05, 4.69) is 25.6 Å². The topological polar surface area (TPSA) is 116 Å². The molecule has 0 aliphatic carbocycles. The smallest absolute Gasteiger partial charge is 0.256 e. The van der Waals surface area contributed by atoms with Crippen molar-refractivity contribution in [2.75, 3.05) is 13.2 Å². The van der Waals surface area contributed by atoms with E-state index in [1.54, 1.807) is 39.5 Å². The number of nitrogens with one attached hydrogen (secondary N) is 1. The highest BCUT2D eigenvalue weighted by Crippen LogP contribution is 2.18. The second kappa shape index (κ2) is 9.34. The number of fused-ring (bicyclic) bond motifs is 2. The Kier molecular flexibility index (Phi) is 5.92. The zero-order valence-electron chi connectivity index (χ0n) is 19.3. The van der Waals surface area contributed by atoms with E-state index >= 15 is 0 Å². The van der Waals surface area contributed by atoms with Gasteiger partial charge in [-0.05, 0) is 32.0 Å².